The molecule has 1 heterocycles. The number of halogens is 1. The molecule has 19 heavy (non-hydrogen) atoms. The fourth-order valence-corrected chi connectivity index (χ4v) is 1.85. The molecule has 0 atom stereocenters. The Morgan fingerprint density at radius 1 is 1.32 bits per heavy atom. The van der Waals surface area contributed by atoms with Gasteiger partial charge in [-0.15, -0.1) is 0 Å². The molecule has 0 bridgehead atoms. The summed E-state index contributed by atoms with van der Waals surface area (Å²) in [4.78, 5) is 16.3. The lowest BCUT2D eigenvalue weighted by Crippen LogP contribution is -2.13. The zero-order chi connectivity index (χ0) is 13.8. The molecule has 1 amide bonds. The molecule has 0 aliphatic carbocycles. The Morgan fingerprint density at radius 3 is 2.79 bits per heavy atom. The Kier molecular flexibility index (Phi) is 4.02. The second-order valence-corrected chi connectivity index (χ2v) is 4.42. The highest BCUT2D eigenvalue weighted by atomic mass is 35.5. The van der Waals surface area contributed by atoms with Crippen LogP contribution in [0.1, 0.15) is 16.1 Å². The number of rotatable bonds is 3. The Balaban J connectivity index is 2.27. The largest absolute Gasteiger partial charge is 0.496 e. The molecule has 0 fully saturated rings. The van der Waals surface area contributed by atoms with Crippen molar-refractivity contribution < 1.29 is 9.53 Å². The van der Waals surface area contributed by atoms with E-state index in [0.717, 1.165) is 5.69 Å². The number of aromatic nitrogens is 1. The second kappa shape index (κ2) is 5.71. The van der Waals surface area contributed by atoms with Crippen LogP contribution in [0.2, 0.25) is 5.02 Å². The minimum Gasteiger partial charge on any atom is -0.496 e. The van der Waals surface area contributed by atoms with Gasteiger partial charge in [-0.1, -0.05) is 11.6 Å². The minimum atomic E-state index is -0.273. The van der Waals surface area contributed by atoms with Gasteiger partial charge in [-0.05, 0) is 37.3 Å². The molecule has 0 spiro atoms. The number of amides is 1. The molecule has 98 valence electrons. The molecule has 0 saturated carbocycles. The highest BCUT2D eigenvalue weighted by Crippen LogP contribution is 2.23. The van der Waals surface area contributed by atoms with Gasteiger partial charge in [0.2, 0.25) is 0 Å². The lowest BCUT2D eigenvalue weighted by Gasteiger charge is -2.10. The maximum atomic E-state index is 12.2. The first-order chi connectivity index (χ1) is 9.10. The number of nitrogens with one attached hydrogen (secondary N) is 1. The van der Waals surface area contributed by atoms with E-state index >= 15 is 0 Å². The minimum absolute atomic E-state index is 0.273. The van der Waals surface area contributed by atoms with Crippen molar-refractivity contribution in [2.24, 2.45) is 0 Å². The van der Waals surface area contributed by atoms with E-state index in [4.69, 9.17) is 16.3 Å². The van der Waals surface area contributed by atoms with Crippen LogP contribution in [0.25, 0.3) is 0 Å². The molecule has 1 N–H and O–H groups in total. The summed E-state index contributed by atoms with van der Waals surface area (Å²) in [5.74, 6) is 0.206. The molecule has 1 aromatic carbocycles. The molecular formula is C14H13ClN2O2. The van der Waals surface area contributed by atoms with Crippen molar-refractivity contribution in [3.63, 3.8) is 0 Å². The van der Waals surface area contributed by atoms with Crippen LogP contribution in [0, 0.1) is 6.92 Å². The number of hydrogen-bond donors (Lipinski definition) is 1. The normalized spacial score (nSPS) is 10.1. The number of nitrogens with zero attached hydrogens (tertiary/aromatic N) is 1. The van der Waals surface area contributed by atoms with Crippen molar-refractivity contribution in [3.05, 3.63) is 52.8 Å². The Hall–Kier alpha value is -2.07. The molecule has 0 aliphatic heterocycles. The second-order valence-electron chi connectivity index (χ2n) is 3.98. The van der Waals surface area contributed by atoms with Crippen LogP contribution in [-0.2, 0) is 0 Å². The van der Waals surface area contributed by atoms with Gasteiger partial charge < -0.3 is 10.1 Å². The van der Waals surface area contributed by atoms with Gasteiger partial charge in [-0.2, -0.15) is 0 Å². The van der Waals surface area contributed by atoms with E-state index in [1.807, 2.05) is 6.92 Å². The van der Waals surface area contributed by atoms with Gasteiger partial charge in [-0.3, -0.25) is 9.78 Å². The van der Waals surface area contributed by atoms with Crippen molar-refractivity contribution in [1.82, 2.24) is 4.98 Å². The van der Waals surface area contributed by atoms with E-state index in [1.165, 1.54) is 7.11 Å². The number of ether oxygens (including phenoxy) is 1. The van der Waals surface area contributed by atoms with Gasteiger partial charge in [0.05, 0.1) is 12.7 Å². The molecule has 4 nitrogen and oxygen atoms in total. The quantitative estimate of drug-likeness (QED) is 0.936. The molecular weight excluding hydrogens is 264 g/mol. The van der Waals surface area contributed by atoms with Crippen molar-refractivity contribution in [2.75, 3.05) is 12.4 Å². The van der Waals surface area contributed by atoms with E-state index < -0.39 is 0 Å². The SMILES string of the molecule is COc1ccc(Cl)cc1C(=O)Nc1ccnc(C)c1. The number of methoxy groups -OCH3 is 1. The molecule has 0 radical (unpaired) electrons. The number of aryl methyl sites for hydroxylation is 1. The number of benzene rings is 1. The van der Waals surface area contributed by atoms with Crippen molar-refractivity contribution in [3.8, 4) is 5.75 Å². The first-order valence-corrected chi connectivity index (χ1v) is 6.05. The summed E-state index contributed by atoms with van der Waals surface area (Å²) < 4.78 is 5.15. The van der Waals surface area contributed by atoms with Crippen LogP contribution in [-0.4, -0.2) is 18.0 Å². The zero-order valence-corrected chi connectivity index (χ0v) is 11.4. The third-order valence-electron chi connectivity index (χ3n) is 2.56. The predicted molar refractivity (Wildman–Crippen MR) is 74.9 cm³/mol. The summed E-state index contributed by atoms with van der Waals surface area (Å²) in [5.41, 5.74) is 1.90. The highest BCUT2D eigenvalue weighted by molar-refractivity contribution is 6.31. The van der Waals surface area contributed by atoms with Gasteiger partial charge in [0.1, 0.15) is 5.75 Å². The third-order valence-corrected chi connectivity index (χ3v) is 2.80. The first kappa shape index (κ1) is 13.4. The van der Waals surface area contributed by atoms with Crippen LogP contribution >= 0.6 is 11.6 Å². The standard InChI is InChI=1S/C14H13ClN2O2/c1-9-7-11(5-6-16-9)17-14(18)12-8-10(15)3-4-13(12)19-2/h3-8H,1-2H3,(H,16,17,18). The predicted octanol–water partition coefficient (Wildman–Crippen LogP) is 3.30. The molecule has 5 heteroatoms. The molecule has 1 aromatic heterocycles. The van der Waals surface area contributed by atoms with Crippen LogP contribution in [0.3, 0.4) is 0 Å². The summed E-state index contributed by atoms with van der Waals surface area (Å²) in [5, 5.41) is 3.27. The van der Waals surface area contributed by atoms with Crippen LogP contribution < -0.4 is 10.1 Å². The lowest BCUT2D eigenvalue weighted by molar-refractivity contribution is 0.102. The summed E-state index contributed by atoms with van der Waals surface area (Å²) in [7, 11) is 1.51. The molecule has 0 aliphatic rings. The summed E-state index contributed by atoms with van der Waals surface area (Å²) >= 11 is 5.90. The van der Waals surface area contributed by atoms with Crippen LogP contribution in [0.4, 0.5) is 5.69 Å². The van der Waals surface area contributed by atoms with Crippen molar-refractivity contribution in [2.45, 2.75) is 6.92 Å². The number of carbonyl (C=O) groups is 1. The average Bonchev–Trinajstić information content (AvgIpc) is 2.38. The van der Waals surface area contributed by atoms with E-state index in [0.29, 0.717) is 22.0 Å². The van der Waals surface area contributed by atoms with Crippen LogP contribution in [0.15, 0.2) is 36.5 Å². The van der Waals surface area contributed by atoms with Gasteiger partial charge in [0, 0.05) is 22.6 Å². The lowest BCUT2D eigenvalue weighted by atomic mass is 10.2. The first-order valence-electron chi connectivity index (χ1n) is 5.67. The number of carbonyl (C=O) groups excluding carboxylic acids is 1. The van der Waals surface area contributed by atoms with Crippen LogP contribution in [0.5, 0.6) is 5.75 Å². The number of hydrogen-bond acceptors (Lipinski definition) is 3. The third kappa shape index (κ3) is 3.23. The molecule has 2 rings (SSSR count). The monoisotopic (exact) mass is 276 g/mol. The van der Waals surface area contributed by atoms with Gasteiger partial charge >= 0.3 is 0 Å². The van der Waals surface area contributed by atoms with Gasteiger partial charge in [-0.25, -0.2) is 0 Å². The van der Waals surface area contributed by atoms with E-state index in [-0.39, 0.29) is 5.91 Å². The molecule has 2 aromatic rings. The zero-order valence-electron chi connectivity index (χ0n) is 10.6. The number of anilines is 1. The van der Waals surface area contributed by atoms with Gasteiger partial charge in [0.25, 0.3) is 5.91 Å². The Bertz CT molecular complexity index is 614. The highest BCUT2D eigenvalue weighted by Gasteiger charge is 2.13. The van der Waals surface area contributed by atoms with E-state index in [1.54, 1.807) is 36.5 Å². The van der Waals surface area contributed by atoms with E-state index in [9.17, 15) is 4.79 Å². The average molecular weight is 277 g/mol. The van der Waals surface area contributed by atoms with Gasteiger partial charge in [0.15, 0.2) is 0 Å². The summed E-state index contributed by atoms with van der Waals surface area (Å²) in [6.07, 6.45) is 1.64. The fourth-order valence-electron chi connectivity index (χ4n) is 1.68. The maximum Gasteiger partial charge on any atom is 0.259 e. The Morgan fingerprint density at radius 2 is 2.11 bits per heavy atom. The topological polar surface area (TPSA) is 51.2 Å². The molecule has 0 saturated heterocycles. The number of pyridine rings is 1. The van der Waals surface area contributed by atoms with Crippen molar-refractivity contribution in [1.29, 1.82) is 0 Å². The van der Waals surface area contributed by atoms with E-state index in [2.05, 4.69) is 10.3 Å². The fraction of sp³-hybridized carbons (Fsp3) is 0.143. The smallest absolute Gasteiger partial charge is 0.259 e. The van der Waals surface area contributed by atoms with Crippen molar-refractivity contribution >= 4 is 23.2 Å². The maximum absolute atomic E-state index is 12.2. The summed E-state index contributed by atoms with van der Waals surface area (Å²) in [6, 6.07) is 8.42. The molecule has 0 unspecified atom stereocenters. The Labute approximate surface area is 116 Å². The summed E-state index contributed by atoms with van der Waals surface area (Å²) in [6.45, 7) is 1.86.